The topological polar surface area (TPSA) is 18.5 Å². The minimum absolute atomic E-state index is 0.406. The minimum atomic E-state index is 0.406. The van der Waals surface area contributed by atoms with Gasteiger partial charge in [0.15, 0.2) is 10.2 Å². The standard InChI is InChI=1S/C11H12ClN3S2/c12-8-14-6-7-15(11(14)17)10(16)13-9-4-2-1-3-5-9/h1-5H,6-8H2,(H,13,16). The Kier molecular flexibility index (Phi) is 4.15. The lowest BCUT2D eigenvalue weighted by atomic mass is 10.3. The molecule has 0 atom stereocenters. The molecule has 1 aliphatic heterocycles. The summed E-state index contributed by atoms with van der Waals surface area (Å²) in [5.74, 6) is 0. The lowest BCUT2D eigenvalue weighted by molar-refractivity contribution is 0.544. The number of benzene rings is 1. The number of thiocarbonyl (C=S) groups is 2. The van der Waals surface area contributed by atoms with Crippen LogP contribution < -0.4 is 5.32 Å². The summed E-state index contributed by atoms with van der Waals surface area (Å²) in [6.07, 6.45) is 0. The molecular formula is C11H12ClN3S2. The van der Waals surface area contributed by atoms with Crippen LogP contribution >= 0.6 is 36.0 Å². The Balaban J connectivity index is 2.00. The van der Waals surface area contributed by atoms with Crippen LogP contribution in [0.5, 0.6) is 0 Å². The quantitative estimate of drug-likeness (QED) is 0.510. The number of hydrogen-bond donors (Lipinski definition) is 1. The number of nitrogens with one attached hydrogen (secondary N) is 1. The minimum Gasteiger partial charge on any atom is -0.333 e. The number of rotatable bonds is 2. The second-order valence-electron chi connectivity index (χ2n) is 3.61. The normalized spacial score (nSPS) is 15.2. The van der Waals surface area contributed by atoms with Gasteiger partial charge in [-0.15, -0.1) is 11.6 Å². The average Bonchev–Trinajstić information content (AvgIpc) is 2.71. The third kappa shape index (κ3) is 2.86. The second-order valence-corrected chi connectivity index (χ2v) is 4.60. The molecule has 0 spiro atoms. The third-order valence-corrected chi connectivity index (χ3v) is 3.60. The van der Waals surface area contributed by atoms with Crippen LogP contribution in [0.3, 0.4) is 0 Å². The number of alkyl halides is 1. The Morgan fingerprint density at radius 1 is 1.29 bits per heavy atom. The lowest BCUT2D eigenvalue weighted by Crippen LogP contribution is -2.38. The summed E-state index contributed by atoms with van der Waals surface area (Å²) < 4.78 is 0. The fourth-order valence-corrected chi connectivity index (χ4v) is 2.59. The van der Waals surface area contributed by atoms with Gasteiger partial charge >= 0.3 is 0 Å². The monoisotopic (exact) mass is 285 g/mol. The van der Waals surface area contributed by atoms with Gasteiger partial charge in [-0.25, -0.2) is 0 Å². The smallest absolute Gasteiger partial charge is 0.179 e. The molecule has 3 nitrogen and oxygen atoms in total. The van der Waals surface area contributed by atoms with Crippen LogP contribution in [0.2, 0.25) is 0 Å². The van der Waals surface area contributed by atoms with Gasteiger partial charge < -0.3 is 10.2 Å². The van der Waals surface area contributed by atoms with E-state index in [1.807, 2.05) is 40.1 Å². The molecule has 0 bridgehead atoms. The molecule has 1 aromatic rings. The van der Waals surface area contributed by atoms with Crippen LogP contribution in [-0.2, 0) is 0 Å². The molecule has 1 aliphatic rings. The van der Waals surface area contributed by atoms with Crippen molar-refractivity contribution in [2.45, 2.75) is 0 Å². The number of anilines is 1. The molecule has 1 fully saturated rings. The van der Waals surface area contributed by atoms with Gasteiger partial charge in [-0.3, -0.25) is 4.90 Å². The van der Waals surface area contributed by atoms with E-state index in [0.717, 1.165) is 18.8 Å². The Morgan fingerprint density at radius 2 is 2.00 bits per heavy atom. The summed E-state index contributed by atoms with van der Waals surface area (Å²) in [4.78, 5) is 3.80. The SMILES string of the molecule is S=C(Nc1ccccc1)N1CCN(CCl)C1=S. The van der Waals surface area contributed by atoms with E-state index in [1.54, 1.807) is 0 Å². The van der Waals surface area contributed by atoms with E-state index in [1.165, 1.54) is 0 Å². The molecule has 1 N–H and O–H groups in total. The van der Waals surface area contributed by atoms with Crippen molar-refractivity contribution < 1.29 is 0 Å². The van der Waals surface area contributed by atoms with Crippen LogP contribution in [0, 0.1) is 0 Å². The predicted molar refractivity (Wildman–Crippen MR) is 79.4 cm³/mol. The van der Waals surface area contributed by atoms with Crippen molar-refractivity contribution in [2.75, 3.05) is 24.4 Å². The fraction of sp³-hybridized carbons (Fsp3) is 0.273. The Bertz CT molecular complexity index is 424. The summed E-state index contributed by atoms with van der Waals surface area (Å²) in [5, 5.41) is 4.47. The van der Waals surface area contributed by atoms with Gasteiger partial charge in [0.2, 0.25) is 0 Å². The first-order valence-corrected chi connectivity index (χ1v) is 6.56. The van der Waals surface area contributed by atoms with Crippen LogP contribution in [0.4, 0.5) is 5.69 Å². The third-order valence-electron chi connectivity index (χ3n) is 2.51. The highest BCUT2D eigenvalue weighted by Gasteiger charge is 2.26. The summed E-state index contributed by atoms with van der Waals surface area (Å²) >= 11 is 16.4. The Morgan fingerprint density at radius 3 is 2.59 bits per heavy atom. The fourth-order valence-electron chi connectivity index (χ4n) is 1.59. The summed E-state index contributed by atoms with van der Waals surface area (Å²) in [6.45, 7) is 1.60. The maximum atomic E-state index is 5.78. The van der Waals surface area contributed by atoms with Crippen molar-refractivity contribution in [2.24, 2.45) is 0 Å². The maximum absolute atomic E-state index is 5.78. The predicted octanol–water partition coefficient (Wildman–Crippen LogP) is 2.48. The first-order chi connectivity index (χ1) is 8.22. The zero-order valence-electron chi connectivity index (χ0n) is 9.10. The van der Waals surface area contributed by atoms with E-state index >= 15 is 0 Å². The highest BCUT2D eigenvalue weighted by Crippen LogP contribution is 2.13. The van der Waals surface area contributed by atoms with E-state index in [0.29, 0.717) is 16.2 Å². The van der Waals surface area contributed by atoms with Gasteiger partial charge in [-0.1, -0.05) is 18.2 Å². The van der Waals surface area contributed by atoms with E-state index < -0.39 is 0 Å². The summed E-state index contributed by atoms with van der Waals surface area (Å²) in [5.41, 5.74) is 0.963. The van der Waals surface area contributed by atoms with E-state index in [4.69, 9.17) is 36.0 Å². The van der Waals surface area contributed by atoms with Crippen LogP contribution in [0.25, 0.3) is 0 Å². The van der Waals surface area contributed by atoms with Crippen LogP contribution in [0.1, 0.15) is 0 Å². The largest absolute Gasteiger partial charge is 0.333 e. The molecular weight excluding hydrogens is 274 g/mol. The number of hydrogen-bond acceptors (Lipinski definition) is 2. The highest BCUT2D eigenvalue weighted by atomic mass is 35.5. The summed E-state index contributed by atoms with van der Waals surface area (Å²) in [7, 11) is 0. The molecule has 90 valence electrons. The molecule has 0 radical (unpaired) electrons. The zero-order valence-corrected chi connectivity index (χ0v) is 11.5. The second kappa shape index (κ2) is 5.62. The zero-order chi connectivity index (χ0) is 12.3. The molecule has 6 heteroatoms. The molecule has 0 unspecified atom stereocenters. The number of nitrogens with zero attached hydrogens (tertiary/aromatic N) is 2. The molecule has 0 amide bonds. The number of para-hydroxylation sites is 1. The van der Waals surface area contributed by atoms with E-state index in [-0.39, 0.29) is 0 Å². The first kappa shape index (κ1) is 12.5. The summed E-state index contributed by atoms with van der Waals surface area (Å²) in [6, 6.07) is 10.2. The van der Waals surface area contributed by atoms with Crippen molar-refractivity contribution in [1.82, 2.24) is 9.80 Å². The van der Waals surface area contributed by atoms with Crippen molar-refractivity contribution >= 4 is 51.9 Å². The van der Waals surface area contributed by atoms with Gasteiger partial charge in [0.05, 0.1) is 6.00 Å². The van der Waals surface area contributed by atoms with Gasteiger partial charge in [0, 0.05) is 18.8 Å². The van der Waals surface area contributed by atoms with E-state index in [9.17, 15) is 0 Å². The Hall–Kier alpha value is -0.910. The van der Waals surface area contributed by atoms with Crippen molar-refractivity contribution in [3.63, 3.8) is 0 Å². The average molecular weight is 286 g/mol. The molecule has 1 saturated heterocycles. The van der Waals surface area contributed by atoms with Crippen molar-refractivity contribution in [3.05, 3.63) is 30.3 Å². The van der Waals surface area contributed by atoms with Gasteiger partial charge in [0.1, 0.15) is 0 Å². The molecule has 0 aliphatic carbocycles. The highest BCUT2D eigenvalue weighted by molar-refractivity contribution is 7.82. The molecule has 0 saturated carbocycles. The van der Waals surface area contributed by atoms with Gasteiger partial charge in [0.25, 0.3) is 0 Å². The first-order valence-electron chi connectivity index (χ1n) is 5.21. The lowest BCUT2D eigenvalue weighted by Gasteiger charge is -2.21. The molecule has 1 heterocycles. The van der Waals surface area contributed by atoms with Crippen LogP contribution in [0.15, 0.2) is 30.3 Å². The molecule has 1 aromatic carbocycles. The van der Waals surface area contributed by atoms with Gasteiger partial charge in [-0.2, -0.15) is 0 Å². The Labute approximate surface area is 116 Å². The molecule has 0 aromatic heterocycles. The number of halogens is 1. The molecule has 2 rings (SSSR count). The maximum Gasteiger partial charge on any atom is 0.179 e. The van der Waals surface area contributed by atoms with E-state index in [2.05, 4.69) is 5.32 Å². The van der Waals surface area contributed by atoms with Crippen molar-refractivity contribution in [3.8, 4) is 0 Å². The molecule has 17 heavy (non-hydrogen) atoms. The van der Waals surface area contributed by atoms with Crippen LogP contribution in [-0.4, -0.2) is 39.1 Å². The van der Waals surface area contributed by atoms with Crippen molar-refractivity contribution in [1.29, 1.82) is 0 Å². The van der Waals surface area contributed by atoms with Gasteiger partial charge in [-0.05, 0) is 36.6 Å².